The zero-order chi connectivity index (χ0) is 26.1. The van der Waals surface area contributed by atoms with E-state index >= 15 is 0 Å². The van der Waals surface area contributed by atoms with E-state index in [1.165, 1.54) is 13.3 Å². The summed E-state index contributed by atoms with van der Waals surface area (Å²) in [6.07, 6.45) is 8.15. The average molecular weight is 524 g/mol. The minimum atomic E-state index is -0.446. The molecule has 196 valence electrons. The molecule has 3 N–H and O–H groups in total. The fraction of sp³-hybridized carbons (Fsp3) is 0.500. The van der Waals surface area contributed by atoms with Gasteiger partial charge in [0.15, 0.2) is 5.82 Å². The van der Waals surface area contributed by atoms with Crippen LogP contribution in [0.3, 0.4) is 0 Å². The van der Waals surface area contributed by atoms with E-state index in [2.05, 4.69) is 37.6 Å². The van der Waals surface area contributed by atoms with Gasteiger partial charge in [0.05, 0.1) is 23.4 Å². The van der Waals surface area contributed by atoms with Crippen LogP contribution in [-0.2, 0) is 9.53 Å². The van der Waals surface area contributed by atoms with Crippen LogP contribution in [0.4, 0.5) is 17.5 Å². The lowest BCUT2D eigenvalue weighted by atomic mass is 9.96. The van der Waals surface area contributed by atoms with Crippen molar-refractivity contribution in [2.24, 2.45) is 0 Å². The number of rotatable bonds is 8. The first-order chi connectivity index (χ1) is 17.9. The third-order valence-electron chi connectivity index (χ3n) is 7.32. The number of aryl methyl sites for hydroxylation is 1. The van der Waals surface area contributed by atoms with Crippen LogP contribution in [0.25, 0.3) is 10.9 Å². The van der Waals surface area contributed by atoms with Gasteiger partial charge < -0.3 is 20.3 Å². The molecular weight excluding hydrogens is 490 g/mol. The van der Waals surface area contributed by atoms with Gasteiger partial charge in [0.25, 0.3) is 0 Å². The van der Waals surface area contributed by atoms with Crippen molar-refractivity contribution in [2.75, 3.05) is 24.0 Å². The predicted octanol–water partition coefficient (Wildman–Crippen LogP) is 4.27. The van der Waals surface area contributed by atoms with Crippen molar-refractivity contribution in [1.29, 1.82) is 0 Å². The molecule has 2 unspecified atom stereocenters. The van der Waals surface area contributed by atoms with E-state index in [0.717, 1.165) is 43.2 Å². The summed E-state index contributed by atoms with van der Waals surface area (Å²) in [6, 6.07) is 6.11. The molecule has 3 aromatic rings. The van der Waals surface area contributed by atoms with Gasteiger partial charge in [-0.3, -0.25) is 14.9 Å². The molecule has 3 aromatic heterocycles. The van der Waals surface area contributed by atoms with Gasteiger partial charge in [0.2, 0.25) is 5.91 Å². The summed E-state index contributed by atoms with van der Waals surface area (Å²) in [7, 11) is 1.35. The topological polar surface area (TPSA) is 125 Å². The van der Waals surface area contributed by atoms with Crippen LogP contribution >= 0.6 is 11.8 Å². The van der Waals surface area contributed by atoms with E-state index in [1.807, 2.05) is 25.3 Å². The summed E-state index contributed by atoms with van der Waals surface area (Å²) in [5, 5.41) is 14.8. The summed E-state index contributed by atoms with van der Waals surface area (Å²) in [6.45, 7) is 4.01. The molecule has 5 heterocycles. The van der Waals surface area contributed by atoms with E-state index in [-0.39, 0.29) is 29.3 Å². The number of hydrogen-bond acceptors (Lipinski definition) is 9. The Balaban J connectivity index is 1.43. The number of anilines is 3. The summed E-state index contributed by atoms with van der Waals surface area (Å²) in [5.41, 5.74) is 2.00. The molecule has 4 atom stereocenters. The van der Waals surface area contributed by atoms with Crippen molar-refractivity contribution in [3.8, 4) is 0 Å². The van der Waals surface area contributed by atoms with Gasteiger partial charge in [-0.1, -0.05) is 6.92 Å². The molecule has 2 saturated heterocycles. The Morgan fingerprint density at radius 1 is 1.22 bits per heavy atom. The molecule has 10 nitrogen and oxygen atoms in total. The van der Waals surface area contributed by atoms with Crippen LogP contribution in [0, 0.1) is 6.92 Å². The summed E-state index contributed by atoms with van der Waals surface area (Å²) >= 11 is 1.64. The average Bonchev–Trinajstić information content (AvgIpc) is 3.42. The van der Waals surface area contributed by atoms with Crippen molar-refractivity contribution >= 4 is 52.0 Å². The molecule has 0 spiro atoms. The standard InChI is InChI=1S/C26H33N7O3S/c1-5-21(37-4)25(34)33-17-6-7-18(33)11-16(10-17)28-24-19-9-15(26(35)36-3)13-27-20(19)12-22(30-24)29-23-8-14(2)31-32-23/h8-9,12-13,16-18,21H,5-7,10-11H2,1-4H3,(H3,28,29,30,31,32)/t16?,17-,18+,21?. The number of aromatic amines is 1. The van der Waals surface area contributed by atoms with Gasteiger partial charge in [-0.25, -0.2) is 9.78 Å². The molecule has 0 aromatic carbocycles. The molecule has 0 saturated carbocycles. The molecular formula is C26H33N7O3S. The van der Waals surface area contributed by atoms with Crippen molar-refractivity contribution in [3.63, 3.8) is 0 Å². The zero-order valence-corrected chi connectivity index (χ0v) is 22.4. The van der Waals surface area contributed by atoms with Gasteiger partial charge >= 0.3 is 5.97 Å². The Kier molecular flexibility index (Phi) is 7.23. The second-order valence-corrected chi connectivity index (χ2v) is 10.8. The maximum absolute atomic E-state index is 13.2. The third-order valence-corrected chi connectivity index (χ3v) is 8.43. The first kappa shape index (κ1) is 25.3. The number of carbonyl (C=O) groups excluding carboxylic acids is 2. The second-order valence-electron chi connectivity index (χ2n) is 9.78. The molecule has 0 aliphatic carbocycles. The zero-order valence-electron chi connectivity index (χ0n) is 21.6. The van der Waals surface area contributed by atoms with Crippen molar-refractivity contribution in [2.45, 2.75) is 69.3 Å². The maximum atomic E-state index is 13.2. The first-order valence-corrected chi connectivity index (χ1v) is 14.0. The number of esters is 1. The number of amides is 1. The number of fused-ring (bicyclic) bond motifs is 3. The van der Waals surface area contributed by atoms with Crippen LogP contribution in [0.15, 0.2) is 24.4 Å². The Morgan fingerprint density at radius 3 is 2.59 bits per heavy atom. The SMILES string of the molecule is CCC(SC)C(=O)N1[C@@H]2CC[C@H]1CC(Nc1nc(Nc3cc(C)[nH]n3)cc3ncc(C(=O)OC)cc13)C2. The van der Waals surface area contributed by atoms with E-state index in [0.29, 0.717) is 28.5 Å². The number of H-pyrrole nitrogens is 1. The number of aromatic nitrogens is 4. The van der Waals surface area contributed by atoms with E-state index in [1.54, 1.807) is 17.8 Å². The van der Waals surface area contributed by atoms with Crippen molar-refractivity contribution in [3.05, 3.63) is 35.7 Å². The molecule has 5 rings (SSSR count). The van der Waals surface area contributed by atoms with E-state index in [9.17, 15) is 9.59 Å². The number of thioether (sulfide) groups is 1. The van der Waals surface area contributed by atoms with Crippen molar-refractivity contribution in [1.82, 2.24) is 25.1 Å². The van der Waals surface area contributed by atoms with Crippen molar-refractivity contribution < 1.29 is 14.3 Å². The molecule has 2 aliphatic rings. The van der Waals surface area contributed by atoms with Gasteiger partial charge in [-0.05, 0) is 51.3 Å². The van der Waals surface area contributed by atoms with Crippen LogP contribution in [0.1, 0.15) is 55.1 Å². The number of methoxy groups -OCH3 is 1. The minimum Gasteiger partial charge on any atom is -0.465 e. The molecule has 37 heavy (non-hydrogen) atoms. The number of carbonyl (C=O) groups is 2. The van der Waals surface area contributed by atoms with Crippen LogP contribution in [0.5, 0.6) is 0 Å². The Hall–Kier alpha value is -3.34. The lowest BCUT2D eigenvalue weighted by Crippen LogP contribution is -2.52. The molecule has 2 bridgehead atoms. The number of nitrogens with one attached hydrogen (secondary N) is 3. The first-order valence-electron chi connectivity index (χ1n) is 12.7. The highest BCUT2D eigenvalue weighted by Crippen LogP contribution is 2.39. The number of piperidine rings is 1. The van der Waals surface area contributed by atoms with Gasteiger partial charge in [0, 0.05) is 47.5 Å². The maximum Gasteiger partial charge on any atom is 0.339 e. The fourth-order valence-corrected chi connectivity index (χ4v) is 6.25. The Labute approximate surface area is 220 Å². The summed E-state index contributed by atoms with van der Waals surface area (Å²) in [4.78, 5) is 36.9. The third kappa shape index (κ3) is 5.09. The number of nitrogens with zero attached hydrogens (tertiary/aromatic N) is 4. The highest BCUT2D eigenvalue weighted by molar-refractivity contribution is 7.99. The smallest absolute Gasteiger partial charge is 0.339 e. The predicted molar refractivity (Wildman–Crippen MR) is 145 cm³/mol. The summed E-state index contributed by atoms with van der Waals surface area (Å²) < 4.78 is 4.91. The lowest BCUT2D eigenvalue weighted by Gasteiger charge is -2.40. The van der Waals surface area contributed by atoms with E-state index in [4.69, 9.17) is 9.72 Å². The lowest BCUT2D eigenvalue weighted by molar-refractivity contribution is -0.135. The van der Waals surface area contributed by atoms with Crippen LogP contribution in [0.2, 0.25) is 0 Å². The van der Waals surface area contributed by atoms with Gasteiger partial charge in [-0.15, -0.1) is 0 Å². The van der Waals surface area contributed by atoms with Crippen LogP contribution in [-0.4, -0.2) is 73.7 Å². The summed E-state index contributed by atoms with van der Waals surface area (Å²) in [5.74, 6) is 1.73. The highest BCUT2D eigenvalue weighted by Gasteiger charge is 2.44. The number of ether oxygens (including phenoxy) is 1. The largest absolute Gasteiger partial charge is 0.465 e. The molecule has 2 aliphatic heterocycles. The molecule has 2 fully saturated rings. The highest BCUT2D eigenvalue weighted by atomic mass is 32.2. The van der Waals surface area contributed by atoms with Gasteiger partial charge in [-0.2, -0.15) is 16.9 Å². The fourth-order valence-electron chi connectivity index (χ4n) is 5.60. The number of hydrogen-bond donors (Lipinski definition) is 3. The molecule has 11 heteroatoms. The van der Waals surface area contributed by atoms with E-state index < -0.39 is 5.97 Å². The molecule has 0 radical (unpaired) electrons. The normalized spacial score (nSPS) is 21.6. The Morgan fingerprint density at radius 2 is 1.97 bits per heavy atom. The number of pyridine rings is 2. The monoisotopic (exact) mass is 523 g/mol. The Bertz CT molecular complexity index is 1290. The minimum absolute atomic E-state index is 0.0227. The quantitative estimate of drug-likeness (QED) is 0.371. The van der Waals surface area contributed by atoms with Gasteiger partial charge in [0.1, 0.15) is 11.6 Å². The molecule has 1 amide bonds. The second kappa shape index (κ2) is 10.6. The van der Waals surface area contributed by atoms with Crippen LogP contribution < -0.4 is 10.6 Å².